The Bertz CT molecular complexity index is 1650. The zero-order chi connectivity index (χ0) is 27.0. The molecule has 0 unspecified atom stereocenters. The quantitative estimate of drug-likeness (QED) is 0.363. The molecule has 38 heavy (non-hydrogen) atoms. The van der Waals surface area contributed by atoms with Crippen LogP contribution in [0.2, 0.25) is 0 Å². The number of esters is 1. The van der Waals surface area contributed by atoms with E-state index in [1.807, 2.05) is 18.2 Å². The lowest BCUT2D eigenvalue weighted by atomic mass is 9.87. The number of phenolic OH excluding ortho intramolecular Hbond substituents is 1. The molecule has 1 atom stereocenters. The fourth-order valence-corrected chi connectivity index (χ4v) is 5.53. The third-order valence-corrected chi connectivity index (χ3v) is 7.46. The third kappa shape index (κ3) is 4.58. The number of phenols is 1. The molecule has 0 radical (unpaired) electrons. The molecule has 0 saturated carbocycles. The van der Waals surface area contributed by atoms with Crippen molar-refractivity contribution < 1.29 is 19.7 Å². The number of ether oxygens (including phenoxy) is 1. The Hall–Kier alpha value is -4.33. The van der Waals surface area contributed by atoms with Crippen LogP contribution < -0.4 is 11.1 Å². The van der Waals surface area contributed by atoms with Gasteiger partial charge >= 0.3 is 5.97 Å². The van der Waals surface area contributed by atoms with E-state index in [4.69, 9.17) is 4.74 Å². The first kappa shape index (κ1) is 25.3. The highest BCUT2D eigenvalue weighted by Crippen LogP contribution is 2.34. The monoisotopic (exact) mass is 514 g/mol. The van der Waals surface area contributed by atoms with Gasteiger partial charge in [-0.2, -0.15) is 0 Å². The van der Waals surface area contributed by atoms with E-state index in [2.05, 4.69) is 0 Å². The van der Waals surface area contributed by atoms with Gasteiger partial charge in [-0.1, -0.05) is 30.3 Å². The van der Waals surface area contributed by atoms with E-state index in [1.54, 1.807) is 46.4 Å². The molecule has 0 saturated heterocycles. The summed E-state index contributed by atoms with van der Waals surface area (Å²) in [5.74, 6) is -1.67. The normalized spacial score (nSPS) is 13.4. The smallest absolute Gasteiger partial charge is 0.306 e. The SMILES string of the molecule is COC(=O)C[C@H](c1c(O)cc(C)n(CCc2ccc(O)cc2)c1=O)c1cc2cccc3c2n(c1=O)CCC3. The number of para-hydroxylation sites is 1. The molecule has 0 bridgehead atoms. The van der Waals surface area contributed by atoms with Crippen LogP contribution in [0.1, 0.15) is 46.7 Å². The van der Waals surface area contributed by atoms with E-state index in [0.717, 1.165) is 34.9 Å². The molecular formula is C30H30N2O6. The molecule has 0 fully saturated rings. The first-order valence-corrected chi connectivity index (χ1v) is 12.7. The van der Waals surface area contributed by atoms with Crippen molar-refractivity contribution in [1.29, 1.82) is 0 Å². The Labute approximate surface area is 219 Å². The van der Waals surface area contributed by atoms with E-state index < -0.39 is 17.4 Å². The number of aromatic hydroxyl groups is 2. The number of nitrogens with zero attached hydrogens (tertiary/aromatic N) is 2. The van der Waals surface area contributed by atoms with E-state index >= 15 is 0 Å². The van der Waals surface area contributed by atoms with Crippen molar-refractivity contribution in [3.05, 3.63) is 103 Å². The molecule has 0 amide bonds. The van der Waals surface area contributed by atoms with Crippen molar-refractivity contribution in [3.8, 4) is 11.5 Å². The maximum Gasteiger partial charge on any atom is 0.306 e. The Balaban J connectivity index is 1.66. The van der Waals surface area contributed by atoms with Gasteiger partial charge in [-0.05, 0) is 67.0 Å². The topological polar surface area (TPSA) is 111 Å². The number of methoxy groups -OCH3 is 1. The van der Waals surface area contributed by atoms with Crippen molar-refractivity contribution in [1.82, 2.24) is 9.13 Å². The minimum absolute atomic E-state index is 0.00270. The van der Waals surface area contributed by atoms with Crippen molar-refractivity contribution in [2.75, 3.05) is 7.11 Å². The molecule has 3 heterocycles. The Morgan fingerprint density at radius 3 is 2.55 bits per heavy atom. The van der Waals surface area contributed by atoms with Gasteiger partial charge in [0.2, 0.25) is 0 Å². The van der Waals surface area contributed by atoms with Gasteiger partial charge in [0.1, 0.15) is 11.5 Å². The van der Waals surface area contributed by atoms with Crippen LogP contribution in [0.5, 0.6) is 11.5 Å². The van der Waals surface area contributed by atoms with Crippen LogP contribution in [-0.4, -0.2) is 32.4 Å². The first-order valence-electron chi connectivity index (χ1n) is 12.7. The molecule has 196 valence electrons. The highest BCUT2D eigenvalue weighted by Gasteiger charge is 2.30. The van der Waals surface area contributed by atoms with Crippen LogP contribution in [0.3, 0.4) is 0 Å². The molecule has 2 N–H and O–H groups in total. The predicted octanol–water partition coefficient (Wildman–Crippen LogP) is 3.77. The summed E-state index contributed by atoms with van der Waals surface area (Å²) in [6.07, 6.45) is 1.95. The van der Waals surface area contributed by atoms with E-state index in [9.17, 15) is 24.6 Å². The predicted molar refractivity (Wildman–Crippen MR) is 144 cm³/mol. The number of carbonyl (C=O) groups is 1. The highest BCUT2D eigenvalue weighted by atomic mass is 16.5. The summed E-state index contributed by atoms with van der Waals surface area (Å²) in [5.41, 5.74) is 3.02. The average molecular weight is 515 g/mol. The molecule has 1 aliphatic heterocycles. The fraction of sp³-hybridized carbons (Fsp3) is 0.300. The first-order chi connectivity index (χ1) is 18.3. The molecule has 0 spiro atoms. The van der Waals surface area contributed by atoms with Gasteiger partial charge in [0.25, 0.3) is 11.1 Å². The zero-order valence-corrected chi connectivity index (χ0v) is 21.4. The summed E-state index contributed by atoms with van der Waals surface area (Å²) in [7, 11) is 1.26. The van der Waals surface area contributed by atoms with Crippen LogP contribution in [0.15, 0.2) is 64.2 Å². The summed E-state index contributed by atoms with van der Waals surface area (Å²) in [4.78, 5) is 40.2. The Morgan fingerprint density at radius 2 is 1.82 bits per heavy atom. The minimum atomic E-state index is -0.985. The van der Waals surface area contributed by atoms with Crippen molar-refractivity contribution in [3.63, 3.8) is 0 Å². The summed E-state index contributed by atoms with van der Waals surface area (Å²) in [5, 5.41) is 21.4. The molecule has 1 aliphatic rings. The molecule has 8 heteroatoms. The van der Waals surface area contributed by atoms with Gasteiger partial charge in [0.05, 0.1) is 24.6 Å². The minimum Gasteiger partial charge on any atom is -0.508 e. The standard InChI is InChI=1S/C30H30N2O6/c1-18-15-25(34)27(30(37)31(18)14-12-19-8-10-22(33)11-9-19)23(17-26(35)38-2)24-16-21-6-3-5-20-7-4-13-32(28(20)21)29(24)36/h3,5-6,8-11,15-16,23,33-34H,4,7,12-14,17H2,1-2H3/t23-/m0/s1. The molecule has 2 aromatic carbocycles. The lowest BCUT2D eigenvalue weighted by molar-refractivity contribution is -0.140. The lowest BCUT2D eigenvalue weighted by Gasteiger charge is -2.24. The average Bonchev–Trinajstić information content (AvgIpc) is 2.90. The van der Waals surface area contributed by atoms with Gasteiger partial charge in [0.15, 0.2) is 0 Å². The van der Waals surface area contributed by atoms with Crippen LogP contribution in [-0.2, 0) is 35.5 Å². The Kier molecular flexibility index (Phi) is 6.80. The van der Waals surface area contributed by atoms with Crippen molar-refractivity contribution >= 4 is 16.9 Å². The maximum atomic E-state index is 13.9. The van der Waals surface area contributed by atoms with Crippen LogP contribution >= 0.6 is 0 Å². The van der Waals surface area contributed by atoms with Gasteiger partial charge in [-0.25, -0.2) is 0 Å². The van der Waals surface area contributed by atoms with Gasteiger partial charge in [-0.3, -0.25) is 14.4 Å². The number of hydrogen-bond acceptors (Lipinski definition) is 6. The second-order valence-corrected chi connectivity index (χ2v) is 9.81. The summed E-state index contributed by atoms with van der Waals surface area (Å²) in [6.45, 7) is 2.59. The van der Waals surface area contributed by atoms with Gasteiger partial charge in [-0.15, -0.1) is 0 Å². The molecule has 2 aromatic heterocycles. The molecule has 0 aliphatic carbocycles. The van der Waals surface area contributed by atoms with Crippen LogP contribution in [0.25, 0.3) is 10.9 Å². The zero-order valence-electron chi connectivity index (χ0n) is 21.4. The van der Waals surface area contributed by atoms with Crippen LogP contribution in [0.4, 0.5) is 0 Å². The van der Waals surface area contributed by atoms with Gasteiger partial charge < -0.3 is 24.1 Å². The van der Waals surface area contributed by atoms with E-state index in [-0.39, 0.29) is 34.6 Å². The molecule has 4 aromatic rings. The molecule has 5 rings (SSSR count). The number of rotatable bonds is 7. The van der Waals surface area contributed by atoms with Crippen LogP contribution in [0, 0.1) is 6.92 Å². The second kappa shape index (κ2) is 10.2. The lowest BCUT2D eigenvalue weighted by Crippen LogP contribution is -2.33. The second-order valence-electron chi connectivity index (χ2n) is 9.81. The maximum absolute atomic E-state index is 13.9. The number of carbonyl (C=O) groups excluding carboxylic acids is 1. The number of aryl methyl sites for hydroxylation is 4. The highest BCUT2D eigenvalue weighted by molar-refractivity contribution is 5.84. The molecule has 8 nitrogen and oxygen atoms in total. The largest absolute Gasteiger partial charge is 0.508 e. The number of hydrogen-bond donors (Lipinski definition) is 2. The summed E-state index contributed by atoms with van der Waals surface area (Å²) < 4.78 is 8.20. The fourth-order valence-electron chi connectivity index (χ4n) is 5.53. The number of pyridine rings is 2. The number of aromatic nitrogens is 2. The van der Waals surface area contributed by atoms with Crippen molar-refractivity contribution in [2.24, 2.45) is 0 Å². The summed E-state index contributed by atoms with van der Waals surface area (Å²) >= 11 is 0. The third-order valence-electron chi connectivity index (χ3n) is 7.46. The molecular weight excluding hydrogens is 484 g/mol. The van der Waals surface area contributed by atoms with E-state index in [1.165, 1.54) is 13.2 Å². The number of benzene rings is 2. The van der Waals surface area contributed by atoms with Crippen molar-refractivity contribution in [2.45, 2.75) is 51.6 Å². The Morgan fingerprint density at radius 1 is 1.05 bits per heavy atom. The summed E-state index contributed by atoms with van der Waals surface area (Å²) in [6, 6.07) is 15.9. The van der Waals surface area contributed by atoms with Gasteiger partial charge in [0, 0.05) is 30.3 Å². The van der Waals surface area contributed by atoms with E-state index in [0.29, 0.717) is 25.2 Å².